The van der Waals surface area contributed by atoms with Crippen molar-refractivity contribution in [3.8, 4) is 5.75 Å². The summed E-state index contributed by atoms with van der Waals surface area (Å²) in [6.45, 7) is 3.34. The predicted octanol–water partition coefficient (Wildman–Crippen LogP) is 2.22. The van der Waals surface area contributed by atoms with Crippen molar-refractivity contribution in [3.05, 3.63) is 85.7 Å². The van der Waals surface area contributed by atoms with Gasteiger partial charge in [-0.1, -0.05) is 41.7 Å². The minimum absolute atomic E-state index is 0.0644. The van der Waals surface area contributed by atoms with Crippen LogP contribution in [-0.4, -0.2) is 26.0 Å². The highest BCUT2D eigenvalue weighted by atomic mass is 32.1. The Labute approximate surface area is 186 Å². The van der Waals surface area contributed by atoms with Crippen LogP contribution in [0, 0.1) is 5.92 Å². The molecule has 158 valence electrons. The van der Waals surface area contributed by atoms with Crippen LogP contribution in [0.1, 0.15) is 31.1 Å². The number of nitrogens with zero attached hydrogens (tertiary/aromatic N) is 4. The van der Waals surface area contributed by atoms with E-state index in [1.807, 2.05) is 55.5 Å². The lowest BCUT2D eigenvalue weighted by atomic mass is 9.79. The Hall–Kier alpha value is -3.65. The minimum Gasteiger partial charge on any atom is -0.465 e. The highest BCUT2D eigenvalue weighted by Gasteiger charge is 2.53. The average molecular weight is 443 g/mol. The molecule has 0 fully saturated rings. The van der Waals surface area contributed by atoms with E-state index in [2.05, 4.69) is 9.97 Å². The van der Waals surface area contributed by atoms with Crippen LogP contribution in [0.15, 0.2) is 64.5 Å². The molecule has 3 atom stereocenters. The second kappa shape index (κ2) is 6.67. The summed E-state index contributed by atoms with van der Waals surface area (Å²) in [6.07, 6.45) is 3.38. The van der Waals surface area contributed by atoms with E-state index in [4.69, 9.17) is 9.73 Å². The van der Waals surface area contributed by atoms with Gasteiger partial charge in [-0.2, -0.15) is 0 Å². The van der Waals surface area contributed by atoms with Gasteiger partial charge >= 0.3 is 0 Å². The first-order valence-electron chi connectivity index (χ1n) is 10.3. The summed E-state index contributed by atoms with van der Waals surface area (Å²) < 4.78 is 8.34. The van der Waals surface area contributed by atoms with E-state index in [0.717, 1.165) is 16.6 Å². The van der Waals surface area contributed by atoms with Crippen LogP contribution in [0.5, 0.6) is 5.75 Å². The maximum atomic E-state index is 13.5. The molecule has 4 heterocycles. The smallest absolute Gasteiger partial charge is 0.270 e. The molecule has 4 aromatic rings. The molecule has 8 heteroatoms. The number of para-hydroxylation sites is 3. The van der Waals surface area contributed by atoms with E-state index < -0.39 is 17.7 Å². The summed E-state index contributed by atoms with van der Waals surface area (Å²) in [4.78, 5) is 40.6. The third kappa shape index (κ3) is 2.69. The number of aromatic nitrogens is 3. The molecule has 0 amide bonds. The second-order valence-electron chi connectivity index (χ2n) is 8.19. The Balaban J connectivity index is 1.60. The molecule has 0 N–H and O–H groups in total. The molecule has 7 nitrogen and oxygen atoms in total. The Kier molecular flexibility index (Phi) is 3.98. The van der Waals surface area contributed by atoms with E-state index >= 15 is 0 Å². The lowest BCUT2D eigenvalue weighted by Gasteiger charge is -2.45. The number of carbonyl (C=O) groups excluding carboxylic acids is 1. The van der Waals surface area contributed by atoms with Crippen molar-refractivity contribution in [2.75, 3.05) is 0 Å². The monoisotopic (exact) mass is 442 g/mol. The number of thiazole rings is 1. The molecule has 0 saturated heterocycles. The fraction of sp³-hybridized carbons (Fsp3) is 0.208. The first kappa shape index (κ1) is 19.1. The van der Waals surface area contributed by atoms with Crippen LogP contribution in [0.3, 0.4) is 0 Å². The summed E-state index contributed by atoms with van der Waals surface area (Å²) >= 11 is 1.28. The molecule has 6 rings (SSSR count). The molecule has 0 radical (unpaired) electrons. The van der Waals surface area contributed by atoms with Crippen LogP contribution in [0.2, 0.25) is 0 Å². The normalized spacial score (nSPS) is 23.8. The van der Waals surface area contributed by atoms with E-state index in [0.29, 0.717) is 20.8 Å². The largest absolute Gasteiger partial charge is 0.465 e. The maximum Gasteiger partial charge on any atom is 0.270 e. The Morgan fingerprint density at radius 3 is 2.72 bits per heavy atom. The lowest BCUT2D eigenvalue weighted by Crippen LogP contribution is -2.58. The van der Waals surface area contributed by atoms with Gasteiger partial charge in [0.2, 0.25) is 5.72 Å². The van der Waals surface area contributed by atoms with Gasteiger partial charge in [0.05, 0.1) is 33.5 Å². The molecule has 0 spiro atoms. The van der Waals surface area contributed by atoms with Crippen molar-refractivity contribution in [1.29, 1.82) is 0 Å². The fourth-order valence-corrected chi connectivity index (χ4v) is 5.82. The van der Waals surface area contributed by atoms with Gasteiger partial charge in [0.1, 0.15) is 17.5 Å². The molecule has 0 aliphatic carbocycles. The molecule has 2 bridgehead atoms. The third-order valence-electron chi connectivity index (χ3n) is 6.06. The van der Waals surface area contributed by atoms with Gasteiger partial charge in [0.25, 0.3) is 5.56 Å². The minimum atomic E-state index is -1.07. The number of ether oxygens (including phenoxy) is 1. The average Bonchev–Trinajstić information content (AvgIpc) is 3.06. The zero-order valence-electron chi connectivity index (χ0n) is 17.4. The molecule has 2 aliphatic rings. The third-order valence-corrected chi connectivity index (χ3v) is 7.05. The number of Topliss-reactive ketones (excluding diaryl/α,β-unsaturated/α-hetero) is 1. The summed E-state index contributed by atoms with van der Waals surface area (Å²) in [5.41, 5.74) is 1.70. The topological polar surface area (TPSA) is 86.4 Å². The van der Waals surface area contributed by atoms with E-state index in [-0.39, 0.29) is 11.3 Å². The van der Waals surface area contributed by atoms with Crippen LogP contribution in [0.4, 0.5) is 0 Å². The van der Waals surface area contributed by atoms with Gasteiger partial charge in [-0.25, -0.2) is 9.98 Å². The summed E-state index contributed by atoms with van der Waals surface area (Å²) in [5.74, 6) is -0.00753. The van der Waals surface area contributed by atoms with Crippen molar-refractivity contribution in [2.45, 2.75) is 25.6 Å². The SMILES string of the molecule is CC(=O)[C@H]1[C@@H]2c3ccccc3O[C@]1(C)N=c1s/c(=C\c3cnc4ccccc4n3)c(=O)n12. The van der Waals surface area contributed by atoms with Crippen molar-refractivity contribution >= 4 is 34.2 Å². The van der Waals surface area contributed by atoms with Crippen LogP contribution in [-0.2, 0) is 4.79 Å². The second-order valence-corrected chi connectivity index (χ2v) is 9.20. The van der Waals surface area contributed by atoms with Crippen molar-refractivity contribution in [1.82, 2.24) is 14.5 Å². The molecule has 0 saturated carbocycles. The molecule has 2 aromatic carbocycles. The number of ketones is 1. The van der Waals surface area contributed by atoms with Gasteiger partial charge in [0, 0.05) is 5.56 Å². The number of hydrogen-bond acceptors (Lipinski definition) is 7. The fourth-order valence-electron chi connectivity index (χ4n) is 4.73. The Morgan fingerprint density at radius 1 is 1.16 bits per heavy atom. The number of hydrogen-bond donors (Lipinski definition) is 0. The highest BCUT2D eigenvalue weighted by Crippen LogP contribution is 2.47. The van der Waals surface area contributed by atoms with Gasteiger partial charge in [-0.15, -0.1) is 0 Å². The van der Waals surface area contributed by atoms with Gasteiger partial charge in [-0.05, 0) is 38.1 Å². The molecule has 2 aliphatic heterocycles. The van der Waals surface area contributed by atoms with Crippen molar-refractivity contribution < 1.29 is 9.53 Å². The first-order chi connectivity index (χ1) is 15.4. The summed E-state index contributed by atoms with van der Waals surface area (Å²) in [7, 11) is 0. The van der Waals surface area contributed by atoms with Gasteiger partial charge in [-0.3, -0.25) is 19.1 Å². The zero-order valence-corrected chi connectivity index (χ0v) is 18.2. The lowest BCUT2D eigenvalue weighted by molar-refractivity contribution is -0.132. The summed E-state index contributed by atoms with van der Waals surface area (Å²) in [5, 5.41) is 0. The Morgan fingerprint density at radius 2 is 1.91 bits per heavy atom. The van der Waals surface area contributed by atoms with Gasteiger partial charge in [0.15, 0.2) is 4.80 Å². The van der Waals surface area contributed by atoms with E-state index in [1.54, 1.807) is 16.8 Å². The molecule has 0 unspecified atom stereocenters. The quantitative estimate of drug-likeness (QED) is 0.475. The Bertz CT molecular complexity index is 1610. The standard InChI is InChI=1S/C24H18N4O3S/c1-13(29)20-21-15-7-3-6-10-18(15)31-24(20,2)27-23-28(21)22(30)19(32-23)11-14-12-25-16-8-4-5-9-17(16)26-14/h3-12,20-21H,1-2H3/b19-11-/t20-,21-,24-/m0/s1. The van der Waals surface area contributed by atoms with Crippen molar-refractivity contribution in [2.24, 2.45) is 10.9 Å². The van der Waals surface area contributed by atoms with Crippen molar-refractivity contribution in [3.63, 3.8) is 0 Å². The molecular weight excluding hydrogens is 424 g/mol. The van der Waals surface area contributed by atoms with Gasteiger partial charge < -0.3 is 4.74 Å². The number of fused-ring (bicyclic) bond motifs is 7. The maximum absolute atomic E-state index is 13.5. The predicted molar refractivity (Wildman–Crippen MR) is 120 cm³/mol. The van der Waals surface area contributed by atoms with E-state index in [1.165, 1.54) is 18.3 Å². The molecule has 2 aromatic heterocycles. The zero-order chi connectivity index (χ0) is 22.0. The molecular formula is C24H18N4O3S. The van der Waals surface area contributed by atoms with Crippen LogP contribution < -0.4 is 19.6 Å². The number of carbonyl (C=O) groups is 1. The molecule has 32 heavy (non-hydrogen) atoms. The number of rotatable bonds is 2. The summed E-state index contributed by atoms with van der Waals surface area (Å²) in [6, 6.07) is 14.7. The van der Waals surface area contributed by atoms with Crippen LogP contribution in [0.25, 0.3) is 17.1 Å². The van der Waals surface area contributed by atoms with Crippen LogP contribution >= 0.6 is 11.3 Å². The number of benzene rings is 2. The first-order valence-corrected chi connectivity index (χ1v) is 11.1. The highest BCUT2D eigenvalue weighted by molar-refractivity contribution is 7.07. The van der Waals surface area contributed by atoms with E-state index in [9.17, 15) is 9.59 Å².